The molecule has 0 radical (unpaired) electrons. The summed E-state index contributed by atoms with van der Waals surface area (Å²) in [5.41, 5.74) is 3.26. The zero-order valence-corrected chi connectivity index (χ0v) is 14.9. The molecule has 2 aromatic rings. The number of rotatable bonds is 5. The van der Waals surface area contributed by atoms with Gasteiger partial charge in [0.2, 0.25) is 0 Å². The summed E-state index contributed by atoms with van der Waals surface area (Å²) in [6.07, 6.45) is 0. The first kappa shape index (κ1) is 16.4. The molecule has 1 aromatic heterocycles. The van der Waals surface area contributed by atoms with Crippen LogP contribution in [0.3, 0.4) is 0 Å². The van der Waals surface area contributed by atoms with Gasteiger partial charge in [-0.25, -0.2) is 0 Å². The van der Waals surface area contributed by atoms with Gasteiger partial charge in [-0.05, 0) is 61.3 Å². The number of nitrogens with one attached hydrogen (secondary N) is 1. The Labute approximate surface area is 138 Å². The summed E-state index contributed by atoms with van der Waals surface area (Å²) in [4.78, 5) is 0. The third-order valence-corrected chi connectivity index (χ3v) is 4.51. The number of aryl methyl sites for hydroxylation is 1. The molecule has 114 valence electrons. The van der Waals surface area contributed by atoms with Gasteiger partial charge >= 0.3 is 0 Å². The van der Waals surface area contributed by atoms with E-state index in [1.165, 1.54) is 0 Å². The van der Waals surface area contributed by atoms with Crippen LogP contribution in [0, 0.1) is 13.8 Å². The topological polar surface area (TPSA) is 34.4 Å². The van der Waals surface area contributed by atoms with Gasteiger partial charge in [-0.1, -0.05) is 22.9 Å². The molecule has 0 amide bonds. The number of hydrogen-bond acceptors (Lipinski definition) is 3. The third-order valence-electron chi connectivity index (χ3n) is 3.49. The van der Waals surface area contributed by atoms with Gasteiger partial charge in [0.15, 0.2) is 5.22 Å². The molecule has 0 saturated heterocycles. The molecule has 0 spiro atoms. The Kier molecular flexibility index (Phi) is 5.36. The number of methoxy groups -OCH3 is 1. The van der Waals surface area contributed by atoms with E-state index in [1.54, 1.807) is 13.2 Å². The standard InChI is InChI=1S/C16H19BrClNO2/c1-5-19-15(12-6-7-13(18)21-12)14-10(3)11(17)8-9(2)16(14)20-4/h6-8,15,19H,5H2,1-4H3. The lowest BCUT2D eigenvalue weighted by atomic mass is 9.95. The van der Waals surface area contributed by atoms with Crippen molar-refractivity contribution in [2.45, 2.75) is 26.8 Å². The zero-order valence-electron chi connectivity index (χ0n) is 12.6. The van der Waals surface area contributed by atoms with Crippen LogP contribution in [-0.4, -0.2) is 13.7 Å². The van der Waals surface area contributed by atoms with Crippen LogP contribution in [0.15, 0.2) is 27.1 Å². The normalized spacial score (nSPS) is 12.5. The fraction of sp³-hybridized carbons (Fsp3) is 0.375. The van der Waals surface area contributed by atoms with Crippen LogP contribution in [-0.2, 0) is 0 Å². The van der Waals surface area contributed by atoms with E-state index < -0.39 is 0 Å². The van der Waals surface area contributed by atoms with Crippen molar-refractivity contribution in [3.8, 4) is 5.75 Å². The Balaban J connectivity index is 2.64. The average Bonchev–Trinajstić information content (AvgIpc) is 2.87. The first-order valence-corrected chi connectivity index (χ1v) is 7.98. The van der Waals surface area contributed by atoms with E-state index in [1.807, 2.05) is 13.0 Å². The first-order valence-electron chi connectivity index (χ1n) is 6.81. The Bertz CT molecular complexity index is 639. The van der Waals surface area contributed by atoms with Crippen LogP contribution >= 0.6 is 27.5 Å². The summed E-state index contributed by atoms with van der Waals surface area (Å²) in [6, 6.07) is 5.61. The van der Waals surface area contributed by atoms with E-state index in [0.717, 1.165) is 39.2 Å². The first-order chi connectivity index (χ1) is 9.99. The molecule has 0 aliphatic heterocycles. The van der Waals surface area contributed by atoms with E-state index in [0.29, 0.717) is 5.22 Å². The second-order valence-corrected chi connectivity index (χ2v) is 6.11. The SMILES string of the molecule is CCNC(c1ccc(Cl)o1)c1c(C)c(Br)cc(C)c1OC. The number of hydrogen-bond donors (Lipinski definition) is 1. The van der Waals surface area contributed by atoms with Gasteiger partial charge in [-0.15, -0.1) is 0 Å². The monoisotopic (exact) mass is 371 g/mol. The fourth-order valence-corrected chi connectivity index (χ4v) is 3.24. The molecule has 3 nitrogen and oxygen atoms in total. The molecule has 21 heavy (non-hydrogen) atoms. The predicted octanol–water partition coefficient (Wildman–Crippen LogP) is 5.02. The molecular formula is C16H19BrClNO2. The van der Waals surface area contributed by atoms with Gasteiger partial charge in [-0.3, -0.25) is 0 Å². The Morgan fingerprint density at radius 3 is 2.62 bits per heavy atom. The van der Waals surface area contributed by atoms with Crippen molar-refractivity contribution < 1.29 is 9.15 Å². The van der Waals surface area contributed by atoms with E-state index in [9.17, 15) is 0 Å². The van der Waals surface area contributed by atoms with Crippen molar-refractivity contribution >= 4 is 27.5 Å². The average molecular weight is 373 g/mol. The molecule has 0 fully saturated rings. The molecule has 1 heterocycles. The smallest absolute Gasteiger partial charge is 0.193 e. The lowest BCUT2D eigenvalue weighted by Crippen LogP contribution is -2.23. The van der Waals surface area contributed by atoms with E-state index in [2.05, 4.69) is 41.2 Å². The summed E-state index contributed by atoms with van der Waals surface area (Å²) >= 11 is 9.55. The molecule has 1 unspecified atom stereocenters. The molecule has 1 N–H and O–H groups in total. The number of benzene rings is 1. The summed E-state index contributed by atoms with van der Waals surface area (Å²) in [6.45, 7) is 6.96. The largest absolute Gasteiger partial charge is 0.496 e. The van der Waals surface area contributed by atoms with Crippen LogP contribution in [0.1, 0.15) is 35.4 Å². The highest BCUT2D eigenvalue weighted by atomic mass is 79.9. The van der Waals surface area contributed by atoms with Crippen LogP contribution in [0.2, 0.25) is 5.22 Å². The maximum Gasteiger partial charge on any atom is 0.193 e. The molecular weight excluding hydrogens is 354 g/mol. The van der Waals surface area contributed by atoms with E-state index >= 15 is 0 Å². The maximum atomic E-state index is 5.93. The van der Waals surface area contributed by atoms with Gasteiger partial charge in [0, 0.05) is 10.0 Å². The highest BCUT2D eigenvalue weighted by molar-refractivity contribution is 9.10. The van der Waals surface area contributed by atoms with Crippen molar-refractivity contribution in [1.29, 1.82) is 0 Å². The van der Waals surface area contributed by atoms with Gasteiger partial charge in [0.1, 0.15) is 11.5 Å². The molecule has 0 aliphatic rings. The lowest BCUT2D eigenvalue weighted by Gasteiger charge is -2.23. The molecule has 0 bridgehead atoms. The van der Waals surface area contributed by atoms with Crippen LogP contribution in [0.5, 0.6) is 5.75 Å². The van der Waals surface area contributed by atoms with Crippen molar-refractivity contribution in [3.63, 3.8) is 0 Å². The molecule has 5 heteroatoms. The second-order valence-electron chi connectivity index (χ2n) is 4.88. The summed E-state index contributed by atoms with van der Waals surface area (Å²) in [7, 11) is 1.69. The fourth-order valence-electron chi connectivity index (χ4n) is 2.53. The molecule has 0 aliphatic carbocycles. The summed E-state index contributed by atoms with van der Waals surface area (Å²) in [5, 5.41) is 3.83. The van der Waals surface area contributed by atoms with Gasteiger partial charge in [-0.2, -0.15) is 0 Å². The number of furan rings is 1. The molecule has 2 rings (SSSR count). The summed E-state index contributed by atoms with van der Waals surface area (Å²) < 4.78 is 12.3. The highest BCUT2D eigenvalue weighted by Crippen LogP contribution is 2.39. The van der Waals surface area contributed by atoms with Crippen molar-refractivity contribution in [3.05, 3.63) is 50.3 Å². The highest BCUT2D eigenvalue weighted by Gasteiger charge is 2.25. The Morgan fingerprint density at radius 1 is 1.38 bits per heavy atom. The number of halogens is 2. The minimum atomic E-state index is -0.103. The quantitative estimate of drug-likeness (QED) is 0.800. The lowest BCUT2D eigenvalue weighted by molar-refractivity contribution is 0.390. The Morgan fingerprint density at radius 2 is 2.10 bits per heavy atom. The zero-order chi connectivity index (χ0) is 15.6. The third kappa shape index (κ3) is 3.28. The number of ether oxygens (including phenoxy) is 1. The molecule has 1 atom stereocenters. The summed E-state index contributed by atoms with van der Waals surface area (Å²) in [5.74, 6) is 1.65. The molecule has 0 saturated carbocycles. The van der Waals surface area contributed by atoms with E-state index in [4.69, 9.17) is 20.8 Å². The predicted molar refractivity (Wildman–Crippen MR) is 89.4 cm³/mol. The van der Waals surface area contributed by atoms with Crippen molar-refractivity contribution in [1.82, 2.24) is 5.32 Å². The van der Waals surface area contributed by atoms with Crippen LogP contribution in [0.4, 0.5) is 0 Å². The second kappa shape index (κ2) is 6.86. The van der Waals surface area contributed by atoms with Crippen molar-refractivity contribution in [2.24, 2.45) is 0 Å². The molecule has 1 aromatic carbocycles. The van der Waals surface area contributed by atoms with Crippen LogP contribution in [0.25, 0.3) is 0 Å². The van der Waals surface area contributed by atoms with Crippen molar-refractivity contribution in [2.75, 3.05) is 13.7 Å². The van der Waals surface area contributed by atoms with Crippen LogP contribution < -0.4 is 10.1 Å². The minimum Gasteiger partial charge on any atom is -0.496 e. The van der Waals surface area contributed by atoms with Gasteiger partial charge in [0.05, 0.1) is 13.2 Å². The maximum absolute atomic E-state index is 5.93. The van der Waals surface area contributed by atoms with Gasteiger partial charge in [0.25, 0.3) is 0 Å². The Hall–Kier alpha value is -0.970. The minimum absolute atomic E-state index is 0.103. The van der Waals surface area contributed by atoms with Gasteiger partial charge < -0.3 is 14.5 Å². The van der Waals surface area contributed by atoms with E-state index in [-0.39, 0.29) is 6.04 Å².